The molecule has 0 bridgehead atoms. The van der Waals surface area contributed by atoms with Gasteiger partial charge in [-0.25, -0.2) is 0 Å². The summed E-state index contributed by atoms with van der Waals surface area (Å²) in [7, 11) is 0. The molecule has 0 unspecified atom stereocenters. The van der Waals surface area contributed by atoms with Gasteiger partial charge >= 0.3 is 5.92 Å². The molecular formula is C7H8F2N2O2. The van der Waals surface area contributed by atoms with Crippen LogP contribution in [0.15, 0.2) is 10.6 Å². The summed E-state index contributed by atoms with van der Waals surface area (Å²) in [6.07, 6.45) is 0. The first-order valence-electron chi connectivity index (χ1n) is 3.52. The molecule has 1 heterocycles. The number of hydrogen-bond donors (Lipinski definition) is 1. The van der Waals surface area contributed by atoms with Crippen molar-refractivity contribution in [2.45, 2.75) is 19.8 Å². The van der Waals surface area contributed by atoms with Gasteiger partial charge in [0, 0.05) is 13.0 Å². The van der Waals surface area contributed by atoms with Gasteiger partial charge in [-0.15, -0.1) is 0 Å². The summed E-state index contributed by atoms with van der Waals surface area (Å²) in [5.74, 6) is -4.38. The van der Waals surface area contributed by atoms with E-state index in [2.05, 4.69) is 9.68 Å². The summed E-state index contributed by atoms with van der Waals surface area (Å²) in [5, 5.41) is 5.24. The van der Waals surface area contributed by atoms with Crippen LogP contribution in [0.2, 0.25) is 0 Å². The Morgan fingerprint density at radius 3 is 2.69 bits per heavy atom. The van der Waals surface area contributed by atoms with Gasteiger partial charge in [0.25, 0.3) is 5.91 Å². The first-order chi connectivity index (χ1) is 5.89. The van der Waals surface area contributed by atoms with Crippen LogP contribution >= 0.6 is 0 Å². The molecule has 0 aliphatic rings. The Hall–Kier alpha value is -1.46. The fourth-order valence-corrected chi connectivity index (χ4v) is 0.651. The average molecular weight is 190 g/mol. The molecule has 0 aliphatic carbocycles. The zero-order valence-electron chi connectivity index (χ0n) is 7.10. The monoisotopic (exact) mass is 190 g/mol. The van der Waals surface area contributed by atoms with Crippen molar-refractivity contribution in [3.8, 4) is 0 Å². The molecule has 1 aromatic rings. The number of nitrogens with zero attached hydrogens (tertiary/aromatic N) is 1. The van der Waals surface area contributed by atoms with Crippen molar-refractivity contribution in [1.82, 2.24) is 5.16 Å². The van der Waals surface area contributed by atoms with E-state index in [1.807, 2.05) is 5.32 Å². The van der Waals surface area contributed by atoms with Gasteiger partial charge in [-0.3, -0.25) is 4.79 Å². The fraction of sp³-hybridized carbons (Fsp3) is 0.429. The number of nitrogens with one attached hydrogen (secondary N) is 1. The minimum Gasteiger partial charge on any atom is -0.360 e. The van der Waals surface area contributed by atoms with Crippen LogP contribution in [0.3, 0.4) is 0 Å². The van der Waals surface area contributed by atoms with E-state index >= 15 is 0 Å². The van der Waals surface area contributed by atoms with Crippen LogP contribution in [0, 0.1) is 6.92 Å². The van der Waals surface area contributed by atoms with Gasteiger partial charge in [-0.05, 0) is 6.92 Å². The molecule has 0 atom stereocenters. The second-order valence-electron chi connectivity index (χ2n) is 2.67. The standard InChI is InChI=1S/C7H8F2N2O2/c1-4-3-5(11-13-4)10-6(12)7(2,8)9/h3H,1-2H3,(H,10,11,12). The zero-order chi connectivity index (χ0) is 10.1. The highest BCUT2D eigenvalue weighted by atomic mass is 19.3. The van der Waals surface area contributed by atoms with Gasteiger partial charge in [0.2, 0.25) is 0 Å². The number of anilines is 1. The number of hydrogen-bond acceptors (Lipinski definition) is 3. The molecule has 4 nitrogen and oxygen atoms in total. The lowest BCUT2D eigenvalue weighted by Crippen LogP contribution is -2.31. The van der Waals surface area contributed by atoms with E-state index in [4.69, 9.17) is 0 Å². The van der Waals surface area contributed by atoms with E-state index in [0.29, 0.717) is 12.7 Å². The largest absolute Gasteiger partial charge is 0.360 e. The fourth-order valence-electron chi connectivity index (χ4n) is 0.651. The van der Waals surface area contributed by atoms with E-state index in [9.17, 15) is 13.6 Å². The van der Waals surface area contributed by atoms with Crippen LogP contribution < -0.4 is 5.32 Å². The van der Waals surface area contributed by atoms with Gasteiger partial charge < -0.3 is 9.84 Å². The number of rotatable bonds is 2. The SMILES string of the molecule is Cc1cc(NC(=O)C(C)(F)F)no1. The maximum atomic E-state index is 12.3. The third-order valence-corrected chi connectivity index (χ3v) is 1.27. The molecule has 0 saturated carbocycles. The maximum absolute atomic E-state index is 12.3. The van der Waals surface area contributed by atoms with Crippen molar-refractivity contribution >= 4 is 11.7 Å². The highest BCUT2D eigenvalue weighted by molar-refractivity contribution is 5.94. The summed E-state index contributed by atoms with van der Waals surface area (Å²) in [4.78, 5) is 10.7. The molecule has 0 aliphatic heterocycles. The van der Waals surface area contributed by atoms with Crippen molar-refractivity contribution < 1.29 is 18.1 Å². The topological polar surface area (TPSA) is 55.1 Å². The quantitative estimate of drug-likeness (QED) is 0.770. The number of alkyl halides is 2. The first-order valence-corrected chi connectivity index (χ1v) is 3.52. The Morgan fingerprint density at radius 1 is 1.69 bits per heavy atom. The molecule has 1 N–H and O–H groups in total. The Morgan fingerprint density at radius 2 is 2.31 bits per heavy atom. The number of carbonyl (C=O) groups excluding carboxylic acids is 1. The van der Waals surface area contributed by atoms with Gasteiger partial charge in [0.15, 0.2) is 5.82 Å². The molecule has 6 heteroatoms. The number of aromatic nitrogens is 1. The summed E-state index contributed by atoms with van der Waals surface area (Å²) in [6, 6.07) is 1.35. The van der Waals surface area contributed by atoms with Gasteiger partial charge in [0.05, 0.1) is 0 Å². The predicted octanol–water partition coefficient (Wildman–Crippen LogP) is 1.58. The molecule has 0 saturated heterocycles. The molecule has 0 spiro atoms. The normalized spacial score (nSPS) is 11.4. The van der Waals surface area contributed by atoms with Crippen LogP contribution in [0.25, 0.3) is 0 Å². The molecule has 13 heavy (non-hydrogen) atoms. The number of halogens is 2. The molecule has 1 amide bonds. The summed E-state index contributed by atoms with van der Waals surface area (Å²) in [6.45, 7) is 2.10. The third-order valence-electron chi connectivity index (χ3n) is 1.27. The lowest BCUT2D eigenvalue weighted by molar-refractivity contribution is -0.137. The smallest absolute Gasteiger partial charge is 0.322 e. The zero-order valence-corrected chi connectivity index (χ0v) is 7.10. The van der Waals surface area contributed by atoms with Crippen molar-refractivity contribution in [3.63, 3.8) is 0 Å². The molecule has 1 aromatic heterocycles. The second kappa shape index (κ2) is 3.12. The van der Waals surface area contributed by atoms with E-state index in [-0.39, 0.29) is 5.82 Å². The van der Waals surface area contributed by atoms with Crippen LogP contribution in [-0.4, -0.2) is 17.0 Å². The predicted molar refractivity (Wildman–Crippen MR) is 40.5 cm³/mol. The number of carbonyl (C=O) groups is 1. The Labute approximate surface area is 72.9 Å². The summed E-state index contributed by atoms with van der Waals surface area (Å²) in [5.41, 5.74) is 0. The third kappa shape index (κ3) is 2.50. The van der Waals surface area contributed by atoms with E-state index in [1.165, 1.54) is 6.07 Å². The molecule has 1 rings (SSSR count). The van der Waals surface area contributed by atoms with Gasteiger partial charge in [-0.2, -0.15) is 8.78 Å². The van der Waals surface area contributed by atoms with E-state index in [1.54, 1.807) is 6.92 Å². The van der Waals surface area contributed by atoms with Crippen molar-refractivity contribution in [2.75, 3.05) is 5.32 Å². The number of amides is 1. The Bertz CT molecular complexity index is 317. The molecular weight excluding hydrogens is 182 g/mol. The average Bonchev–Trinajstić information content (AvgIpc) is 2.33. The highest BCUT2D eigenvalue weighted by Crippen LogP contribution is 2.15. The summed E-state index contributed by atoms with van der Waals surface area (Å²) < 4.78 is 29.2. The molecule has 0 fully saturated rings. The van der Waals surface area contributed by atoms with Crippen molar-refractivity contribution in [1.29, 1.82) is 0 Å². The second-order valence-corrected chi connectivity index (χ2v) is 2.67. The molecule has 0 radical (unpaired) electrons. The minimum atomic E-state index is -3.41. The lowest BCUT2D eigenvalue weighted by Gasteiger charge is -2.07. The van der Waals surface area contributed by atoms with Crippen LogP contribution in [0.1, 0.15) is 12.7 Å². The van der Waals surface area contributed by atoms with Crippen molar-refractivity contribution in [2.24, 2.45) is 0 Å². The highest BCUT2D eigenvalue weighted by Gasteiger charge is 2.32. The number of aryl methyl sites for hydroxylation is 1. The minimum absolute atomic E-state index is 0.0102. The van der Waals surface area contributed by atoms with E-state index < -0.39 is 11.8 Å². The lowest BCUT2D eigenvalue weighted by atomic mass is 10.3. The summed E-state index contributed by atoms with van der Waals surface area (Å²) >= 11 is 0. The first kappa shape index (κ1) is 9.63. The van der Waals surface area contributed by atoms with Crippen LogP contribution in [-0.2, 0) is 4.79 Å². The van der Waals surface area contributed by atoms with Gasteiger partial charge in [-0.1, -0.05) is 5.16 Å². The molecule has 72 valence electrons. The Kier molecular flexibility index (Phi) is 2.31. The molecule has 0 aromatic carbocycles. The van der Waals surface area contributed by atoms with E-state index in [0.717, 1.165) is 0 Å². The van der Waals surface area contributed by atoms with Crippen LogP contribution in [0.4, 0.5) is 14.6 Å². The van der Waals surface area contributed by atoms with Crippen LogP contribution in [0.5, 0.6) is 0 Å². The van der Waals surface area contributed by atoms with Crippen molar-refractivity contribution in [3.05, 3.63) is 11.8 Å². The van der Waals surface area contributed by atoms with Gasteiger partial charge in [0.1, 0.15) is 5.76 Å². The maximum Gasteiger partial charge on any atom is 0.322 e. The Balaban J connectivity index is 2.65.